The van der Waals surface area contributed by atoms with Gasteiger partial charge in [-0.25, -0.2) is 4.39 Å². The van der Waals surface area contributed by atoms with Gasteiger partial charge in [0.25, 0.3) is 5.91 Å². The van der Waals surface area contributed by atoms with Crippen LogP contribution in [-0.2, 0) is 19.1 Å². The van der Waals surface area contributed by atoms with E-state index in [4.69, 9.17) is 4.74 Å². The minimum absolute atomic E-state index is 0.0162. The second kappa shape index (κ2) is 6.36. The highest BCUT2D eigenvalue weighted by Gasteiger charge is 2.46. The van der Waals surface area contributed by atoms with E-state index in [1.807, 2.05) is 0 Å². The molecule has 7 heteroatoms. The standard InChI is InChI=1S/C16H17FN2O4/c17-13-4-2-1-3-10(13)11-7-12(11)16(22)23-9-15(21)19-6-5-18-14(20)8-19/h1-4,11-12H,5-9H2,(H,18,20)/t11-,12+/m1/s1. The van der Waals surface area contributed by atoms with Gasteiger partial charge in [0.2, 0.25) is 5.91 Å². The highest BCUT2D eigenvalue weighted by molar-refractivity contribution is 5.88. The average molecular weight is 320 g/mol. The highest BCUT2D eigenvalue weighted by atomic mass is 19.1. The summed E-state index contributed by atoms with van der Waals surface area (Å²) >= 11 is 0. The number of carbonyl (C=O) groups excluding carboxylic acids is 3. The van der Waals surface area contributed by atoms with Crippen LogP contribution in [0.4, 0.5) is 4.39 Å². The molecule has 2 aliphatic rings. The van der Waals surface area contributed by atoms with Crippen molar-refractivity contribution in [3.8, 4) is 0 Å². The molecule has 0 bridgehead atoms. The zero-order chi connectivity index (χ0) is 16.4. The van der Waals surface area contributed by atoms with Crippen molar-refractivity contribution in [2.45, 2.75) is 12.3 Å². The van der Waals surface area contributed by atoms with E-state index in [1.54, 1.807) is 18.2 Å². The van der Waals surface area contributed by atoms with Gasteiger partial charge >= 0.3 is 5.97 Å². The molecule has 2 fully saturated rings. The van der Waals surface area contributed by atoms with Gasteiger partial charge < -0.3 is 15.0 Å². The van der Waals surface area contributed by atoms with Gasteiger partial charge in [0.15, 0.2) is 6.61 Å². The van der Waals surface area contributed by atoms with Gasteiger partial charge in [-0.2, -0.15) is 0 Å². The van der Waals surface area contributed by atoms with Crippen LogP contribution in [0.5, 0.6) is 0 Å². The molecule has 0 aromatic heterocycles. The minimum atomic E-state index is -0.493. The summed E-state index contributed by atoms with van der Waals surface area (Å²) in [6, 6.07) is 6.35. The molecule has 2 amide bonds. The summed E-state index contributed by atoms with van der Waals surface area (Å²) in [5.41, 5.74) is 0.508. The minimum Gasteiger partial charge on any atom is -0.455 e. The molecule has 3 rings (SSSR count). The third-order valence-corrected chi connectivity index (χ3v) is 4.13. The Balaban J connectivity index is 1.48. The Morgan fingerprint density at radius 3 is 2.87 bits per heavy atom. The molecule has 0 spiro atoms. The number of benzene rings is 1. The van der Waals surface area contributed by atoms with Crippen molar-refractivity contribution in [1.82, 2.24) is 10.2 Å². The van der Waals surface area contributed by atoms with E-state index in [1.165, 1.54) is 11.0 Å². The number of carbonyl (C=O) groups is 3. The molecule has 1 saturated heterocycles. The van der Waals surface area contributed by atoms with E-state index < -0.39 is 17.8 Å². The lowest BCUT2D eigenvalue weighted by Gasteiger charge is -2.26. The van der Waals surface area contributed by atoms with Gasteiger partial charge in [0, 0.05) is 19.0 Å². The molecular weight excluding hydrogens is 303 g/mol. The second-order valence-corrected chi connectivity index (χ2v) is 5.74. The van der Waals surface area contributed by atoms with Gasteiger partial charge in [-0.3, -0.25) is 14.4 Å². The number of hydrogen-bond donors (Lipinski definition) is 1. The van der Waals surface area contributed by atoms with E-state index >= 15 is 0 Å². The lowest BCUT2D eigenvalue weighted by Crippen LogP contribution is -2.51. The second-order valence-electron chi connectivity index (χ2n) is 5.74. The topological polar surface area (TPSA) is 75.7 Å². The molecule has 6 nitrogen and oxygen atoms in total. The predicted octanol–water partition coefficient (Wildman–Crippen LogP) is 0.431. The van der Waals surface area contributed by atoms with Crippen LogP contribution in [0.1, 0.15) is 17.9 Å². The largest absolute Gasteiger partial charge is 0.455 e. The average Bonchev–Trinajstić information content (AvgIpc) is 3.33. The molecule has 1 aromatic rings. The first-order valence-electron chi connectivity index (χ1n) is 7.52. The van der Waals surface area contributed by atoms with Gasteiger partial charge in [-0.1, -0.05) is 18.2 Å². The molecule has 1 N–H and O–H groups in total. The Hall–Kier alpha value is -2.44. The molecule has 1 aliphatic carbocycles. The van der Waals surface area contributed by atoms with Crippen molar-refractivity contribution in [2.75, 3.05) is 26.2 Å². The van der Waals surface area contributed by atoms with Crippen LogP contribution in [0.15, 0.2) is 24.3 Å². The van der Waals surface area contributed by atoms with Crippen LogP contribution in [0, 0.1) is 11.7 Å². The molecule has 2 atom stereocenters. The molecule has 1 saturated carbocycles. The number of esters is 1. The Bertz CT molecular complexity index is 649. The summed E-state index contributed by atoms with van der Waals surface area (Å²) in [5, 5.41) is 2.61. The maximum Gasteiger partial charge on any atom is 0.310 e. The normalized spacial score (nSPS) is 23.2. The van der Waals surface area contributed by atoms with E-state index in [9.17, 15) is 18.8 Å². The first kappa shape index (κ1) is 15.5. The van der Waals surface area contributed by atoms with Crippen LogP contribution in [-0.4, -0.2) is 48.9 Å². The number of halogens is 1. The number of piperazine rings is 1. The highest BCUT2D eigenvalue weighted by Crippen LogP contribution is 2.48. The van der Waals surface area contributed by atoms with Crippen LogP contribution in [0.25, 0.3) is 0 Å². The Morgan fingerprint density at radius 1 is 1.35 bits per heavy atom. The fraction of sp³-hybridized carbons (Fsp3) is 0.438. The van der Waals surface area contributed by atoms with E-state index in [2.05, 4.69) is 5.32 Å². The Kier molecular flexibility index (Phi) is 4.27. The van der Waals surface area contributed by atoms with E-state index in [0.717, 1.165) is 0 Å². The summed E-state index contributed by atoms with van der Waals surface area (Å²) in [7, 11) is 0. The predicted molar refractivity (Wildman–Crippen MR) is 77.8 cm³/mol. The first-order chi connectivity index (χ1) is 11.1. The van der Waals surface area contributed by atoms with Crippen molar-refractivity contribution in [1.29, 1.82) is 0 Å². The van der Waals surface area contributed by atoms with E-state index in [0.29, 0.717) is 25.1 Å². The summed E-state index contributed by atoms with van der Waals surface area (Å²) in [4.78, 5) is 36.4. The Morgan fingerprint density at radius 2 is 2.13 bits per heavy atom. The zero-order valence-electron chi connectivity index (χ0n) is 12.5. The van der Waals surface area contributed by atoms with Crippen LogP contribution < -0.4 is 5.32 Å². The zero-order valence-corrected chi connectivity index (χ0v) is 12.5. The summed E-state index contributed by atoms with van der Waals surface area (Å²) in [5.74, 6) is -2.02. The molecule has 0 radical (unpaired) electrons. The molecular formula is C16H17FN2O4. The van der Waals surface area contributed by atoms with Crippen molar-refractivity contribution >= 4 is 17.8 Å². The molecule has 122 valence electrons. The van der Waals surface area contributed by atoms with Gasteiger partial charge in [-0.15, -0.1) is 0 Å². The number of hydrogen-bond acceptors (Lipinski definition) is 4. The quantitative estimate of drug-likeness (QED) is 0.817. The SMILES string of the molecule is O=C1CN(C(=O)COC(=O)[C@H]2C[C@@H]2c2ccccc2F)CCN1. The van der Waals surface area contributed by atoms with Gasteiger partial charge in [-0.05, 0) is 18.1 Å². The molecule has 1 aromatic carbocycles. The van der Waals surface area contributed by atoms with Crippen molar-refractivity contribution in [2.24, 2.45) is 5.92 Å². The van der Waals surface area contributed by atoms with Gasteiger partial charge in [0.1, 0.15) is 5.82 Å². The maximum absolute atomic E-state index is 13.7. The fourth-order valence-electron chi connectivity index (χ4n) is 2.76. The first-order valence-corrected chi connectivity index (χ1v) is 7.52. The van der Waals surface area contributed by atoms with Gasteiger partial charge in [0.05, 0.1) is 12.5 Å². The molecule has 23 heavy (non-hydrogen) atoms. The monoisotopic (exact) mass is 320 g/mol. The van der Waals surface area contributed by atoms with Crippen molar-refractivity contribution < 1.29 is 23.5 Å². The third kappa shape index (κ3) is 3.49. The summed E-state index contributed by atoms with van der Waals surface area (Å²) < 4.78 is 18.7. The number of nitrogens with one attached hydrogen (secondary N) is 1. The van der Waals surface area contributed by atoms with Crippen molar-refractivity contribution in [3.05, 3.63) is 35.6 Å². The van der Waals surface area contributed by atoms with Crippen LogP contribution >= 0.6 is 0 Å². The van der Waals surface area contributed by atoms with Crippen LogP contribution in [0.3, 0.4) is 0 Å². The van der Waals surface area contributed by atoms with Crippen molar-refractivity contribution in [3.63, 3.8) is 0 Å². The number of ether oxygens (including phenoxy) is 1. The summed E-state index contributed by atoms with van der Waals surface area (Å²) in [6.45, 7) is 0.407. The molecule has 0 unspecified atom stereocenters. The van der Waals surface area contributed by atoms with E-state index in [-0.39, 0.29) is 30.8 Å². The lowest BCUT2D eigenvalue weighted by molar-refractivity contribution is -0.154. The lowest BCUT2D eigenvalue weighted by atomic mass is 10.1. The number of amides is 2. The number of nitrogens with zero attached hydrogens (tertiary/aromatic N) is 1. The van der Waals surface area contributed by atoms with Crippen LogP contribution in [0.2, 0.25) is 0 Å². The summed E-state index contributed by atoms with van der Waals surface area (Å²) in [6.07, 6.45) is 0.528. The maximum atomic E-state index is 13.7. The Labute approximate surface area is 132 Å². The molecule has 1 aliphatic heterocycles. The number of rotatable bonds is 4. The molecule has 1 heterocycles. The smallest absolute Gasteiger partial charge is 0.310 e. The third-order valence-electron chi connectivity index (χ3n) is 4.13. The fourth-order valence-corrected chi connectivity index (χ4v) is 2.76.